The molecule has 0 radical (unpaired) electrons. The summed E-state index contributed by atoms with van der Waals surface area (Å²) in [5, 5.41) is 7.73. The molecule has 30 heavy (non-hydrogen) atoms. The molecular formula is C24H20N4O2. The second-order valence-electron chi connectivity index (χ2n) is 7.28. The zero-order chi connectivity index (χ0) is 20.5. The molecule has 1 aliphatic rings. The number of fused-ring (bicyclic) bond motifs is 2. The van der Waals surface area contributed by atoms with Gasteiger partial charge in [-0.3, -0.25) is 14.3 Å². The van der Waals surface area contributed by atoms with Gasteiger partial charge in [0.1, 0.15) is 6.54 Å². The van der Waals surface area contributed by atoms with Crippen LogP contribution >= 0.6 is 0 Å². The summed E-state index contributed by atoms with van der Waals surface area (Å²) in [5.74, 6) is -0.198. The quantitative estimate of drug-likeness (QED) is 0.571. The molecule has 0 unspecified atom stereocenters. The van der Waals surface area contributed by atoms with E-state index in [9.17, 15) is 9.59 Å². The van der Waals surface area contributed by atoms with Crippen molar-refractivity contribution in [1.82, 2.24) is 9.78 Å². The molecule has 0 spiro atoms. The summed E-state index contributed by atoms with van der Waals surface area (Å²) < 4.78 is 1.56. The van der Waals surface area contributed by atoms with Crippen LogP contribution in [0.1, 0.15) is 5.56 Å². The van der Waals surface area contributed by atoms with E-state index in [1.165, 1.54) is 17.4 Å². The van der Waals surface area contributed by atoms with Gasteiger partial charge in [-0.15, -0.1) is 0 Å². The van der Waals surface area contributed by atoms with Crippen molar-refractivity contribution in [2.75, 3.05) is 16.8 Å². The molecule has 1 amide bonds. The average Bonchev–Trinajstić information content (AvgIpc) is 3.20. The first-order valence-corrected chi connectivity index (χ1v) is 9.90. The number of rotatable bonds is 4. The minimum absolute atomic E-state index is 0.0196. The van der Waals surface area contributed by atoms with Crippen molar-refractivity contribution in [1.29, 1.82) is 0 Å². The molecule has 5 rings (SSSR count). The second-order valence-corrected chi connectivity index (χ2v) is 7.28. The van der Waals surface area contributed by atoms with Gasteiger partial charge < -0.3 is 10.2 Å². The van der Waals surface area contributed by atoms with Crippen LogP contribution in [0, 0.1) is 0 Å². The molecule has 4 aromatic rings. The molecule has 0 aliphatic carbocycles. The maximum absolute atomic E-state index is 12.9. The smallest absolute Gasteiger partial charge is 0.246 e. The Morgan fingerprint density at radius 2 is 1.67 bits per heavy atom. The van der Waals surface area contributed by atoms with Gasteiger partial charge in [0.05, 0.1) is 23.1 Å². The van der Waals surface area contributed by atoms with Crippen LogP contribution in [-0.2, 0) is 17.8 Å². The Morgan fingerprint density at radius 3 is 2.57 bits per heavy atom. The van der Waals surface area contributed by atoms with E-state index in [4.69, 9.17) is 0 Å². The van der Waals surface area contributed by atoms with Crippen molar-refractivity contribution in [2.24, 2.45) is 0 Å². The highest BCUT2D eigenvalue weighted by Gasteiger charge is 2.22. The third kappa shape index (κ3) is 3.22. The topological polar surface area (TPSA) is 67.2 Å². The van der Waals surface area contributed by atoms with Crippen LogP contribution in [-0.4, -0.2) is 22.2 Å². The molecule has 0 saturated heterocycles. The van der Waals surface area contributed by atoms with E-state index in [2.05, 4.69) is 33.5 Å². The van der Waals surface area contributed by atoms with E-state index in [-0.39, 0.29) is 17.9 Å². The fraction of sp³-hybridized carbons (Fsp3) is 0.125. The minimum atomic E-state index is -0.198. The van der Waals surface area contributed by atoms with E-state index < -0.39 is 0 Å². The molecule has 0 fully saturated rings. The standard InChI is InChI=1S/C24H20N4O2/c29-23-15-25-28(21-11-5-2-8-18(21)23)16-24(30)26-19-9-3-6-12-22(19)27-14-13-17-7-1-4-10-20(17)27/h1-12,15H,13-14,16H2,(H,26,30). The number of carbonyl (C=O) groups is 1. The summed E-state index contributed by atoms with van der Waals surface area (Å²) in [6.45, 7) is 0.893. The molecule has 148 valence electrons. The lowest BCUT2D eigenvalue weighted by atomic mass is 10.1. The van der Waals surface area contributed by atoms with Crippen LogP contribution in [0.25, 0.3) is 10.9 Å². The molecule has 0 bridgehead atoms. The van der Waals surface area contributed by atoms with E-state index in [1.54, 1.807) is 22.9 Å². The average molecular weight is 396 g/mol. The number of hydrogen-bond donors (Lipinski definition) is 1. The van der Waals surface area contributed by atoms with Crippen molar-refractivity contribution in [3.8, 4) is 0 Å². The Labute approximate surface area is 173 Å². The SMILES string of the molecule is O=C(Cn1ncc(=O)c2ccccc21)Nc1ccccc1N1CCc2ccccc21. The van der Waals surface area contributed by atoms with Crippen LogP contribution in [0.4, 0.5) is 17.1 Å². The molecular weight excluding hydrogens is 376 g/mol. The van der Waals surface area contributed by atoms with Gasteiger partial charge in [0.2, 0.25) is 11.3 Å². The van der Waals surface area contributed by atoms with Crippen LogP contribution in [0.15, 0.2) is 83.8 Å². The van der Waals surface area contributed by atoms with Gasteiger partial charge in [0.25, 0.3) is 0 Å². The molecule has 1 aliphatic heterocycles. The van der Waals surface area contributed by atoms with E-state index >= 15 is 0 Å². The molecule has 2 heterocycles. The highest BCUT2D eigenvalue weighted by Crippen LogP contribution is 2.38. The van der Waals surface area contributed by atoms with Crippen molar-refractivity contribution in [3.05, 3.63) is 94.8 Å². The van der Waals surface area contributed by atoms with Crippen molar-refractivity contribution in [2.45, 2.75) is 13.0 Å². The largest absolute Gasteiger partial charge is 0.339 e. The zero-order valence-electron chi connectivity index (χ0n) is 16.3. The fourth-order valence-corrected chi connectivity index (χ4v) is 4.02. The lowest BCUT2D eigenvalue weighted by Crippen LogP contribution is -2.24. The van der Waals surface area contributed by atoms with Crippen molar-refractivity contribution >= 4 is 33.9 Å². The normalized spacial score (nSPS) is 12.7. The number of nitrogens with zero attached hydrogens (tertiary/aromatic N) is 3. The summed E-state index contributed by atoms with van der Waals surface area (Å²) in [6.07, 6.45) is 2.23. The van der Waals surface area contributed by atoms with Gasteiger partial charge in [-0.05, 0) is 42.3 Å². The third-order valence-corrected chi connectivity index (χ3v) is 5.41. The van der Waals surface area contributed by atoms with Gasteiger partial charge in [-0.2, -0.15) is 5.10 Å². The van der Waals surface area contributed by atoms with Crippen LogP contribution in [0.3, 0.4) is 0 Å². The number of para-hydroxylation sites is 4. The maximum atomic E-state index is 12.9. The summed E-state index contributed by atoms with van der Waals surface area (Å²) in [7, 11) is 0. The zero-order valence-corrected chi connectivity index (χ0v) is 16.3. The van der Waals surface area contributed by atoms with Gasteiger partial charge >= 0.3 is 0 Å². The van der Waals surface area contributed by atoms with Gasteiger partial charge in [0.15, 0.2) is 0 Å². The molecule has 1 aromatic heterocycles. The molecule has 1 N–H and O–H groups in total. The van der Waals surface area contributed by atoms with Crippen LogP contribution < -0.4 is 15.6 Å². The van der Waals surface area contributed by atoms with Gasteiger partial charge in [-0.25, -0.2) is 0 Å². The molecule has 6 heteroatoms. The number of amides is 1. The monoisotopic (exact) mass is 396 g/mol. The summed E-state index contributed by atoms with van der Waals surface area (Å²) in [6, 6.07) is 23.3. The Hall–Kier alpha value is -3.93. The number of anilines is 3. The Morgan fingerprint density at radius 1 is 0.933 bits per heavy atom. The lowest BCUT2D eigenvalue weighted by molar-refractivity contribution is -0.116. The first kappa shape index (κ1) is 18.1. The summed E-state index contributed by atoms with van der Waals surface area (Å²) in [5.41, 5.74) is 4.69. The first-order valence-electron chi connectivity index (χ1n) is 9.90. The van der Waals surface area contributed by atoms with Crippen LogP contribution in [0.2, 0.25) is 0 Å². The maximum Gasteiger partial charge on any atom is 0.246 e. The van der Waals surface area contributed by atoms with Crippen molar-refractivity contribution in [3.63, 3.8) is 0 Å². The van der Waals surface area contributed by atoms with E-state index in [0.29, 0.717) is 10.9 Å². The summed E-state index contributed by atoms with van der Waals surface area (Å²) in [4.78, 5) is 27.1. The Balaban J connectivity index is 1.42. The van der Waals surface area contributed by atoms with Gasteiger partial charge in [-0.1, -0.05) is 42.5 Å². The highest BCUT2D eigenvalue weighted by molar-refractivity contribution is 5.96. The Bertz CT molecular complexity index is 1310. The van der Waals surface area contributed by atoms with Gasteiger partial charge in [0, 0.05) is 17.6 Å². The fourth-order valence-electron chi connectivity index (χ4n) is 4.02. The lowest BCUT2D eigenvalue weighted by Gasteiger charge is -2.23. The molecule has 0 atom stereocenters. The number of aromatic nitrogens is 2. The number of carbonyl (C=O) groups excluding carboxylic acids is 1. The first-order chi connectivity index (χ1) is 14.7. The molecule has 6 nitrogen and oxygen atoms in total. The number of hydrogen-bond acceptors (Lipinski definition) is 4. The number of nitrogens with one attached hydrogen (secondary N) is 1. The van der Waals surface area contributed by atoms with E-state index in [0.717, 1.165) is 24.3 Å². The number of benzene rings is 3. The summed E-state index contributed by atoms with van der Waals surface area (Å²) >= 11 is 0. The Kier molecular flexibility index (Phi) is 4.52. The third-order valence-electron chi connectivity index (χ3n) is 5.41. The van der Waals surface area contributed by atoms with Crippen molar-refractivity contribution < 1.29 is 4.79 Å². The highest BCUT2D eigenvalue weighted by atomic mass is 16.2. The molecule has 0 saturated carbocycles. The minimum Gasteiger partial charge on any atom is -0.339 e. The van der Waals surface area contributed by atoms with Crippen LogP contribution in [0.5, 0.6) is 0 Å². The predicted molar refractivity (Wildman–Crippen MR) is 118 cm³/mol. The second kappa shape index (κ2) is 7.48. The predicted octanol–water partition coefficient (Wildman–Crippen LogP) is 3.73. The molecule has 3 aromatic carbocycles. The van der Waals surface area contributed by atoms with E-state index in [1.807, 2.05) is 36.4 Å².